The monoisotopic (exact) mass is 503 g/mol. The lowest BCUT2D eigenvalue weighted by molar-refractivity contribution is 0.0601. The lowest BCUT2D eigenvalue weighted by Gasteiger charge is -2.42. The predicted molar refractivity (Wildman–Crippen MR) is 149 cm³/mol. The van der Waals surface area contributed by atoms with Gasteiger partial charge in [-0.05, 0) is 65.8 Å². The van der Waals surface area contributed by atoms with Crippen molar-refractivity contribution in [2.45, 2.75) is 33.2 Å². The molecule has 2 aliphatic rings. The van der Waals surface area contributed by atoms with Gasteiger partial charge < -0.3 is 19.9 Å². The molecule has 2 heterocycles. The molecule has 0 radical (unpaired) electrons. The first kappa shape index (κ1) is 24.5. The van der Waals surface area contributed by atoms with Gasteiger partial charge in [-0.2, -0.15) is 0 Å². The Morgan fingerprint density at radius 1 is 1.00 bits per heavy atom. The first-order valence-electron chi connectivity index (χ1n) is 12.6. The van der Waals surface area contributed by atoms with Crippen molar-refractivity contribution in [3.8, 4) is 0 Å². The van der Waals surface area contributed by atoms with Gasteiger partial charge in [-0.3, -0.25) is 0 Å². The minimum atomic E-state index is -0.375. The number of hydrogen-bond donors (Lipinski definition) is 1. The number of nitrogens with one attached hydrogen (secondary N) is 1. The average Bonchev–Trinajstić information content (AvgIpc) is 2.87. The van der Waals surface area contributed by atoms with Crippen LogP contribution in [0, 0.1) is 12.3 Å². The number of ether oxygens (including phenoxy) is 1. The van der Waals surface area contributed by atoms with Gasteiger partial charge in [0.15, 0.2) is 0 Å². The molecule has 6 heteroatoms. The van der Waals surface area contributed by atoms with Crippen molar-refractivity contribution in [3.63, 3.8) is 0 Å². The van der Waals surface area contributed by atoms with E-state index in [0.717, 1.165) is 43.9 Å². The second-order valence-corrected chi connectivity index (χ2v) is 11.0. The zero-order chi connectivity index (χ0) is 25.4. The fourth-order valence-electron chi connectivity index (χ4n) is 5.74. The highest BCUT2D eigenvalue weighted by molar-refractivity contribution is 6.31. The Balaban J connectivity index is 1.39. The number of halogens is 1. The molecule has 1 atom stereocenters. The number of esters is 1. The van der Waals surface area contributed by atoms with Gasteiger partial charge >= 0.3 is 5.97 Å². The molecule has 0 aromatic heterocycles. The molecule has 5 rings (SSSR count). The first-order valence-corrected chi connectivity index (χ1v) is 13.0. The Morgan fingerprint density at radius 3 is 2.44 bits per heavy atom. The van der Waals surface area contributed by atoms with E-state index in [1.807, 2.05) is 6.07 Å². The number of piperazine rings is 1. The minimum absolute atomic E-state index is 0.0442. The number of hydrogen-bond acceptors (Lipinski definition) is 5. The second kappa shape index (κ2) is 9.70. The maximum absolute atomic E-state index is 12.5. The van der Waals surface area contributed by atoms with E-state index < -0.39 is 0 Å². The summed E-state index contributed by atoms with van der Waals surface area (Å²) in [6, 6.07) is 21.2. The van der Waals surface area contributed by atoms with Crippen LogP contribution in [0.3, 0.4) is 0 Å². The summed E-state index contributed by atoms with van der Waals surface area (Å²) in [4.78, 5) is 17.5. The molecule has 0 amide bonds. The Morgan fingerprint density at radius 2 is 1.72 bits per heavy atom. The van der Waals surface area contributed by atoms with Gasteiger partial charge in [0, 0.05) is 42.6 Å². The largest absolute Gasteiger partial charge is 0.465 e. The SMILES string of the molecule is COC(=O)c1cc(Cl)cc2c1NC(c1cccc(N3CCN(c4ccccc4C)CC3)c1)C(C)(C)C2. The van der Waals surface area contributed by atoms with Gasteiger partial charge in [-0.25, -0.2) is 4.79 Å². The number of benzene rings is 3. The van der Waals surface area contributed by atoms with Crippen molar-refractivity contribution in [1.29, 1.82) is 0 Å². The number of methoxy groups -OCH3 is 1. The van der Waals surface area contributed by atoms with E-state index in [1.165, 1.54) is 29.6 Å². The van der Waals surface area contributed by atoms with E-state index >= 15 is 0 Å². The lowest BCUT2D eigenvalue weighted by Crippen LogP contribution is -2.46. The van der Waals surface area contributed by atoms with Gasteiger partial charge in [0.1, 0.15) is 0 Å². The molecule has 3 aromatic carbocycles. The van der Waals surface area contributed by atoms with Gasteiger partial charge in [0.05, 0.1) is 24.4 Å². The van der Waals surface area contributed by atoms with Crippen LogP contribution < -0.4 is 15.1 Å². The normalized spacial score (nSPS) is 18.9. The minimum Gasteiger partial charge on any atom is -0.465 e. The van der Waals surface area contributed by atoms with Crippen molar-refractivity contribution in [2.24, 2.45) is 5.41 Å². The topological polar surface area (TPSA) is 44.8 Å². The van der Waals surface area contributed by atoms with Crippen LogP contribution in [-0.4, -0.2) is 39.3 Å². The first-order chi connectivity index (χ1) is 17.3. The summed E-state index contributed by atoms with van der Waals surface area (Å²) in [5, 5.41) is 4.25. The molecule has 1 saturated heterocycles. The Bertz CT molecular complexity index is 1280. The third kappa shape index (κ3) is 4.64. The Hall–Kier alpha value is -3.18. The molecule has 1 fully saturated rings. The number of nitrogens with zero attached hydrogens (tertiary/aromatic N) is 2. The zero-order valence-corrected chi connectivity index (χ0v) is 22.2. The van der Waals surface area contributed by atoms with Crippen LogP contribution in [0.25, 0.3) is 0 Å². The van der Waals surface area contributed by atoms with Gasteiger partial charge in [0.25, 0.3) is 0 Å². The third-order valence-electron chi connectivity index (χ3n) is 7.61. The highest BCUT2D eigenvalue weighted by Crippen LogP contribution is 2.47. The van der Waals surface area contributed by atoms with Crippen LogP contribution in [-0.2, 0) is 11.2 Å². The van der Waals surface area contributed by atoms with E-state index in [1.54, 1.807) is 6.07 Å². The highest BCUT2D eigenvalue weighted by atomic mass is 35.5. The zero-order valence-electron chi connectivity index (χ0n) is 21.5. The summed E-state index contributed by atoms with van der Waals surface area (Å²) in [5.41, 5.74) is 7.41. The van der Waals surface area contributed by atoms with E-state index in [-0.39, 0.29) is 17.4 Å². The smallest absolute Gasteiger partial charge is 0.340 e. The van der Waals surface area contributed by atoms with Gasteiger partial charge in [-0.1, -0.05) is 55.8 Å². The van der Waals surface area contributed by atoms with Crippen LogP contribution >= 0.6 is 11.6 Å². The molecule has 1 N–H and O–H groups in total. The van der Waals surface area contributed by atoms with Crippen molar-refractivity contribution in [3.05, 3.63) is 87.9 Å². The van der Waals surface area contributed by atoms with E-state index in [2.05, 4.69) is 84.4 Å². The second-order valence-electron chi connectivity index (χ2n) is 10.6. The van der Waals surface area contributed by atoms with Crippen molar-refractivity contribution in [2.75, 3.05) is 48.4 Å². The van der Waals surface area contributed by atoms with Crippen LogP contribution in [0.2, 0.25) is 5.02 Å². The average molecular weight is 504 g/mol. The maximum atomic E-state index is 12.5. The molecule has 0 aliphatic carbocycles. The molecule has 5 nitrogen and oxygen atoms in total. The summed E-state index contributed by atoms with van der Waals surface area (Å²) in [6.45, 7) is 10.7. The standard InChI is InChI=1S/C30H34ClN3O2/c1-20-8-5-6-11-26(20)34-14-12-33(13-15-34)24-10-7-9-21(17-24)28-30(2,3)19-22-16-23(31)18-25(27(22)32-28)29(35)36-4/h5-11,16-18,28,32H,12-15,19H2,1-4H3. The van der Waals surface area contributed by atoms with Crippen LogP contribution in [0.1, 0.15) is 46.9 Å². The molecule has 1 unspecified atom stereocenters. The molecule has 188 valence electrons. The fraction of sp³-hybridized carbons (Fsp3) is 0.367. The number of rotatable bonds is 4. The number of fused-ring (bicyclic) bond motifs is 1. The molecule has 3 aromatic rings. The van der Waals surface area contributed by atoms with Crippen LogP contribution in [0.15, 0.2) is 60.7 Å². The van der Waals surface area contributed by atoms with E-state index in [0.29, 0.717) is 10.6 Å². The predicted octanol–water partition coefficient (Wildman–Crippen LogP) is 6.50. The summed E-state index contributed by atoms with van der Waals surface area (Å²) in [7, 11) is 1.40. The van der Waals surface area contributed by atoms with Crippen molar-refractivity contribution >= 4 is 34.6 Å². The molecular formula is C30H34ClN3O2. The lowest BCUT2D eigenvalue weighted by atomic mass is 9.72. The molecule has 0 spiro atoms. The summed E-state index contributed by atoms with van der Waals surface area (Å²) >= 11 is 6.35. The highest BCUT2D eigenvalue weighted by Gasteiger charge is 2.38. The Kier molecular flexibility index (Phi) is 6.60. The number of carbonyl (C=O) groups excluding carboxylic acids is 1. The molecule has 2 aliphatic heterocycles. The molecular weight excluding hydrogens is 470 g/mol. The molecule has 0 bridgehead atoms. The summed E-state index contributed by atoms with van der Waals surface area (Å²) in [6.07, 6.45) is 0.809. The fourth-order valence-corrected chi connectivity index (χ4v) is 5.98. The Labute approximate surface area is 219 Å². The quantitative estimate of drug-likeness (QED) is 0.412. The van der Waals surface area contributed by atoms with Crippen LogP contribution in [0.5, 0.6) is 0 Å². The number of anilines is 3. The number of aryl methyl sites for hydroxylation is 1. The van der Waals surface area contributed by atoms with E-state index in [4.69, 9.17) is 16.3 Å². The summed E-state index contributed by atoms with van der Waals surface area (Å²) in [5.74, 6) is -0.375. The molecule has 0 saturated carbocycles. The van der Waals surface area contributed by atoms with Gasteiger partial charge in [0.2, 0.25) is 0 Å². The summed E-state index contributed by atoms with van der Waals surface area (Å²) < 4.78 is 5.05. The van der Waals surface area contributed by atoms with E-state index in [9.17, 15) is 4.79 Å². The third-order valence-corrected chi connectivity index (χ3v) is 7.83. The molecule has 36 heavy (non-hydrogen) atoms. The van der Waals surface area contributed by atoms with Crippen molar-refractivity contribution < 1.29 is 9.53 Å². The number of para-hydroxylation sites is 1. The van der Waals surface area contributed by atoms with Gasteiger partial charge in [-0.15, -0.1) is 0 Å². The number of carbonyl (C=O) groups is 1. The van der Waals surface area contributed by atoms with Crippen molar-refractivity contribution in [1.82, 2.24) is 0 Å². The maximum Gasteiger partial charge on any atom is 0.340 e. The van der Waals surface area contributed by atoms with Crippen LogP contribution in [0.4, 0.5) is 17.1 Å².